The van der Waals surface area contributed by atoms with Gasteiger partial charge in [-0.1, -0.05) is 133 Å². The van der Waals surface area contributed by atoms with E-state index in [0.29, 0.717) is 23.7 Å². The highest BCUT2D eigenvalue weighted by Crippen LogP contribution is 2.37. The van der Waals surface area contributed by atoms with Crippen molar-refractivity contribution in [2.24, 2.45) is 20.8 Å². The lowest BCUT2D eigenvalue weighted by Crippen LogP contribution is -2.38. The van der Waals surface area contributed by atoms with Crippen LogP contribution in [0.2, 0.25) is 0 Å². The van der Waals surface area contributed by atoms with Gasteiger partial charge in [-0.15, -0.1) is 0 Å². The molecule has 0 aliphatic carbocycles. The topological polar surface area (TPSA) is 36.8 Å². The van der Waals surface area contributed by atoms with Crippen molar-refractivity contribution in [2.75, 3.05) is 13.1 Å². The Kier molecular flexibility index (Phi) is 11.3. The molecule has 0 aromatic heterocycles. The second-order valence-electron chi connectivity index (χ2n) is 14.4. The fraction of sp³-hybridized carbons (Fsp3) is 0.611. The molecule has 2 aromatic carbocycles. The van der Waals surface area contributed by atoms with Gasteiger partial charge in [0.2, 0.25) is 0 Å². The third-order valence-corrected chi connectivity index (χ3v) is 7.49. The highest BCUT2D eigenvalue weighted by Gasteiger charge is 2.24. The Morgan fingerprint density at radius 2 is 0.795 bits per heavy atom. The second-order valence-corrected chi connectivity index (χ2v) is 14.4. The van der Waals surface area contributed by atoms with Crippen molar-refractivity contribution in [3.05, 3.63) is 58.7 Å². The summed E-state index contributed by atoms with van der Waals surface area (Å²) in [6.07, 6.45) is 0. The molecule has 0 atom stereocenters. The van der Waals surface area contributed by atoms with Crippen LogP contribution in [0.15, 0.2) is 46.4 Å². The molecule has 2 aromatic rings. The van der Waals surface area contributed by atoms with Gasteiger partial charge in [0.15, 0.2) is 0 Å². The molecule has 2 rings (SSSR count). The van der Waals surface area contributed by atoms with E-state index in [1.807, 2.05) is 0 Å². The summed E-state index contributed by atoms with van der Waals surface area (Å²) in [5.41, 5.74) is 9.86. The number of benzene rings is 2. The van der Waals surface area contributed by atoms with E-state index in [4.69, 9.17) is 9.98 Å². The Morgan fingerprint density at radius 1 is 0.538 bits per heavy atom. The van der Waals surface area contributed by atoms with Gasteiger partial charge < -0.3 is 5.32 Å². The molecule has 3 heteroatoms. The molecule has 0 saturated carbocycles. The van der Waals surface area contributed by atoms with Crippen LogP contribution in [-0.2, 0) is 0 Å². The standard InChI is InChI=1S/C36H57N3/c1-23(2)27-17-15-18-28(24(3)4)33(27)38-31(35(9,10)11)21-37-22-32(36(12,13)14)39-34-29(25(5)6)19-16-20-30(34)26(7)8/h15-20,23-26,37H,21-22H2,1-14H3. The zero-order valence-corrected chi connectivity index (χ0v) is 27.6. The Balaban J connectivity index is 2.52. The van der Waals surface area contributed by atoms with Gasteiger partial charge >= 0.3 is 0 Å². The first kappa shape index (κ1) is 32.9. The van der Waals surface area contributed by atoms with E-state index in [0.717, 1.165) is 24.5 Å². The number of nitrogens with zero attached hydrogens (tertiary/aromatic N) is 2. The van der Waals surface area contributed by atoms with Crippen LogP contribution < -0.4 is 5.32 Å². The number of para-hydroxylation sites is 2. The van der Waals surface area contributed by atoms with Crippen molar-refractivity contribution in [3.63, 3.8) is 0 Å². The molecule has 0 bridgehead atoms. The number of nitrogens with one attached hydrogen (secondary N) is 1. The van der Waals surface area contributed by atoms with Gasteiger partial charge in [-0.3, -0.25) is 9.98 Å². The van der Waals surface area contributed by atoms with Crippen LogP contribution in [0.1, 0.15) is 143 Å². The Morgan fingerprint density at radius 3 is 1.00 bits per heavy atom. The minimum Gasteiger partial charge on any atom is -0.306 e. The highest BCUT2D eigenvalue weighted by atomic mass is 14.9. The maximum atomic E-state index is 5.40. The van der Waals surface area contributed by atoms with Crippen LogP contribution >= 0.6 is 0 Å². The van der Waals surface area contributed by atoms with Gasteiger partial charge in [-0.25, -0.2) is 0 Å². The molecule has 0 amide bonds. The summed E-state index contributed by atoms with van der Waals surface area (Å²) < 4.78 is 0. The quantitative estimate of drug-likeness (QED) is 0.304. The van der Waals surface area contributed by atoms with Crippen molar-refractivity contribution in [1.82, 2.24) is 5.32 Å². The van der Waals surface area contributed by atoms with E-state index in [2.05, 4.69) is 139 Å². The fourth-order valence-electron chi connectivity index (χ4n) is 4.80. The van der Waals surface area contributed by atoms with Crippen LogP contribution in [-0.4, -0.2) is 24.5 Å². The lowest BCUT2D eigenvalue weighted by Gasteiger charge is -2.27. The molecule has 0 heterocycles. The van der Waals surface area contributed by atoms with Crippen LogP contribution in [0.25, 0.3) is 0 Å². The van der Waals surface area contributed by atoms with E-state index in [-0.39, 0.29) is 10.8 Å². The smallest absolute Gasteiger partial charge is 0.0698 e. The lowest BCUT2D eigenvalue weighted by molar-refractivity contribution is 0.563. The number of aliphatic imine (C=N–C) groups is 2. The van der Waals surface area contributed by atoms with Crippen molar-refractivity contribution >= 4 is 22.8 Å². The van der Waals surface area contributed by atoms with Crippen LogP contribution in [0.4, 0.5) is 11.4 Å². The van der Waals surface area contributed by atoms with E-state index in [1.165, 1.54) is 33.7 Å². The van der Waals surface area contributed by atoms with E-state index < -0.39 is 0 Å². The zero-order valence-electron chi connectivity index (χ0n) is 27.6. The minimum atomic E-state index is -0.0561. The maximum Gasteiger partial charge on any atom is 0.0698 e. The van der Waals surface area contributed by atoms with Crippen LogP contribution in [0.5, 0.6) is 0 Å². The maximum absolute atomic E-state index is 5.40. The molecule has 216 valence electrons. The predicted molar refractivity (Wildman–Crippen MR) is 175 cm³/mol. The SMILES string of the molecule is CC(C)c1cccc(C(C)C)c1N=C(CNCC(=Nc1c(C(C)C)cccc1C(C)C)C(C)(C)C)C(C)(C)C. The van der Waals surface area contributed by atoms with Gasteiger partial charge in [0.25, 0.3) is 0 Å². The van der Waals surface area contributed by atoms with Crippen molar-refractivity contribution < 1.29 is 0 Å². The van der Waals surface area contributed by atoms with Crippen molar-refractivity contribution in [2.45, 2.75) is 121 Å². The normalized spacial score (nSPS) is 13.9. The van der Waals surface area contributed by atoms with E-state index >= 15 is 0 Å². The molecule has 3 nitrogen and oxygen atoms in total. The number of hydrogen-bond acceptors (Lipinski definition) is 3. The summed E-state index contributed by atoms with van der Waals surface area (Å²) >= 11 is 0. The Labute approximate surface area is 241 Å². The van der Waals surface area contributed by atoms with Gasteiger partial charge in [0.1, 0.15) is 0 Å². The summed E-state index contributed by atoms with van der Waals surface area (Å²) in [4.78, 5) is 10.8. The first-order valence-electron chi connectivity index (χ1n) is 15.1. The molecule has 1 N–H and O–H groups in total. The summed E-state index contributed by atoms with van der Waals surface area (Å²) in [5, 5.41) is 3.77. The molecular weight excluding hydrogens is 474 g/mol. The molecule has 39 heavy (non-hydrogen) atoms. The molecule has 0 unspecified atom stereocenters. The molecule has 0 spiro atoms. The summed E-state index contributed by atoms with van der Waals surface area (Å²) in [7, 11) is 0. The largest absolute Gasteiger partial charge is 0.306 e. The fourth-order valence-corrected chi connectivity index (χ4v) is 4.80. The molecule has 0 aliphatic rings. The van der Waals surface area contributed by atoms with E-state index in [9.17, 15) is 0 Å². The number of hydrogen-bond donors (Lipinski definition) is 1. The monoisotopic (exact) mass is 531 g/mol. The predicted octanol–water partition coefficient (Wildman–Crippen LogP) is 10.7. The highest BCUT2D eigenvalue weighted by molar-refractivity contribution is 5.96. The lowest BCUT2D eigenvalue weighted by atomic mass is 9.87. The first-order chi connectivity index (χ1) is 17.9. The Hall–Kier alpha value is -2.26. The third kappa shape index (κ3) is 8.87. The van der Waals surface area contributed by atoms with Gasteiger partial charge in [-0.2, -0.15) is 0 Å². The summed E-state index contributed by atoms with van der Waals surface area (Å²) in [6, 6.07) is 13.3. The van der Waals surface area contributed by atoms with Gasteiger partial charge in [0, 0.05) is 35.3 Å². The van der Waals surface area contributed by atoms with Gasteiger partial charge in [0.05, 0.1) is 11.4 Å². The Bertz CT molecular complexity index is 1000. The zero-order chi connectivity index (χ0) is 29.7. The number of rotatable bonds is 10. The van der Waals surface area contributed by atoms with Gasteiger partial charge in [-0.05, 0) is 45.9 Å². The molecule has 0 fully saturated rings. The van der Waals surface area contributed by atoms with Crippen molar-refractivity contribution in [1.29, 1.82) is 0 Å². The average Bonchev–Trinajstić information content (AvgIpc) is 2.80. The second kappa shape index (κ2) is 13.4. The van der Waals surface area contributed by atoms with Crippen LogP contribution in [0, 0.1) is 10.8 Å². The van der Waals surface area contributed by atoms with Crippen molar-refractivity contribution in [3.8, 4) is 0 Å². The van der Waals surface area contributed by atoms with E-state index in [1.54, 1.807) is 0 Å². The molecular formula is C36H57N3. The molecule has 0 aliphatic heterocycles. The third-order valence-electron chi connectivity index (χ3n) is 7.49. The minimum absolute atomic E-state index is 0.0561. The van der Waals surface area contributed by atoms with Crippen LogP contribution in [0.3, 0.4) is 0 Å². The average molecular weight is 532 g/mol. The molecule has 0 saturated heterocycles. The summed E-state index contributed by atoms with van der Waals surface area (Å²) in [6.45, 7) is 33.2. The first-order valence-corrected chi connectivity index (χ1v) is 15.1. The molecule has 0 radical (unpaired) electrons. The summed E-state index contributed by atoms with van der Waals surface area (Å²) in [5.74, 6) is 1.69.